The molecule has 2 aromatic rings. The molecule has 1 saturated heterocycles. The van der Waals surface area contributed by atoms with Crippen molar-refractivity contribution >= 4 is 19.9 Å². The van der Waals surface area contributed by atoms with E-state index < -0.39 is 8.32 Å². The molecule has 0 aromatic heterocycles. The Bertz CT molecular complexity index is 775. The van der Waals surface area contributed by atoms with Crippen LogP contribution in [0.2, 0.25) is 23.2 Å². The van der Waals surface area contributed by atoms with Gasteiger partial charge in [-0.2, -0.15) is 0 Å². The van der Waals surface area contributed by atoms with Crippen LogP contribution in [0.1, 0.15) is 44.7 Å². The van der Waals surface area contributed by atoms with Gasteiger partial charge in [0, 0.05) is 23.6 Å². The van der Waals surface area contributed by atoms with Crippen molar-refractivity contribution in [1.29, 1.82) is 0 Å². The van der Waals surface area contributed by atoms with Crippen LogP contribution in [0.15, 0.2) is 54.6 Å². The van der Waals surface area contributed by atoms with E-state index in [0.29, 0.717) is 0 Å². The topological polar surface area (TPSA) is 12.5 Å². The van der Waals surface area contributed by atoms with E-state index in [1.807, 2.05) is 12.1 Å². The second-order valence-corrected chi connectivity index (χ2v) is 15.3. The van der Waals surface area contributed by atoms with E-state index in [9.17, 15) is 0 Å². The Labute approximate surface area is 183 Å². The minimum absolute atomic E-state index is 0.118. The van der Waals surface area contributed by atoms with Crippen LogP contribution in [0, 0.1) is 0 Å². The second kappa shape index (κ2) is 8.93. The molecule has 2 nitrogen and oxygen atoms in total. The molecule has 1 aliphatic heterocycles. The van der Waals surface area contributed by atoms with E-state index >= 15 is 0 Å². The van der Waals surface area contributed by atoms with Crippen molar-refractivity contribution in [3.8, 4) is 0 Å². The molecule has 158 valence electrons. The summed E-state index contributed by atoms with van der Waals surface area (Å²) in [6.07, 6.45) is 2.28. The Hall–Kier alpha value is -1.13. The molecule has 0 spiro atoms. The predicted octanol–water partition coefficient (Wildman–Crippen LogP) is 6.90. The zero-order chi connectivity index (χ0) is 21.1. The van der Waals surface area contributed by atoms with Crippen LogP contribution in [0.3, 0.4) is 0 Å². The van der Waals surface area contributed by atoms with Crippen molar-refractivity contribution in [2.24, 2.45) is 0 Å². The van der Waals surface area contributed by atoms with Crippen LogP contribution >= 0.6 is 11.6 Å². The summed E-state index contributed by atoms with van der Waals surface area (Å²) in [6.45, 7) is 15.7. The summed E-state index contributed by atoms with van der Waals surface area (Å²) in [7, 11) is -1.78. The molecule has 0 amide bonds. The number of halogens is 1. The Morgan fingerprint density at radius 3 is 2.10 bits per heavy atom. The van der Waals surface area contributed by atoms with Gasteiger partial charge in [0.2, 0.25) is 0 Å². The van der Waals surface area contributed by atoms with Crippen molar-refractivity contribution < 1.29 is 4.43 Å². The molecule has 4 heteroatoms. The molecule has 0 unspecified atom stereocenters. The van der Waals surface area contributed by atoms with Crippen LogP contribution in [-0.4, -0.2) is 32.9 Å². The van der Waals surface area contributed by atoms with E-state index in [1.54, 1.807) is 0 Å². The van der Waals surface area contributed by atoms with E-state index in [0.717, 1.165) is 44.1 Å². The van der Waals surface area contributed by atoms with Crippen molar-refractivity contribution in [3.05, 3.63) is 70.7 Å². The van der Waals surface area contributed by atoms with Crippen LogP contribution in [0.5, 0.6) is 0 Å². The molecule has 1 aliphatic rings. The molecule has 0 bridgehead atoms. The molecule has 3 rings (SSSR count). The lowest BCUT2D eigenvalue weighted by atomic mass is 9.73. The Balaban J connectivity index is 1.72. The van der Waals surface area contributed by atoms with Crippen molar-refractivity contribution in [1.82, 2.24) is 4.90 Å². The number of nitrogens with zero attached hydrogens (tertiary/aromatic N) is 1. The van der Waals surface area contributed by atoms with E-state index in [-0.39, 0.29) is 10.5 Å². The van der Waals surface area contributed by atoms with Crippen molar-refractivity contribution in [3.63, 3.8) is 0 Å². The molecular weight excluding hydrogens is 394 g/mol. The summed E-state index contributed by atoms with van der Waals surface area (Å²) >= 11 is 6.04. The molecule has 0 atom stereocenters. The lowest BCUT2D eigenvalue weighted by Gasteiger charge is -2.45. The summed E-state index contributed by atoms with van der Waals surface area (Å²) in [5.74, 6) is 0. The SMILES string of the molecule is CC(C)(C)[Si](C)(C)OCC1(c2ccccc2)CCN(Cc2ccc(Cl)cc2)CC1. The van der Waals surface area contributed by atoms with E-state index in [2.05, 4.69) is 81.2 Å². The molecule has 0 saturated carbocycles. The van der Waals surface area contributed by atoms with Gasteiger partial charge >= 0.3 is 0 Å². The average Bonchev–Trinajstić information content (AvgIpc) is 2.69. The summed E-state index contributed by atoms with van der Waals surface area (Å²) in [5, 5.41) is 1.04. The fraction of sp³-hybridized carbons (Fsp3) is 0.520. The third-order valence-electron chi connectivity index (χ3n) is 7.03. The van der Waals surface area contributed by atoms with Gasteiger partial charge < -0.3 is 4.43 Å². The number of likely N-dealkylation sites (tertiary alicyclic amines) is 1. The zero-order valence-corrected chi connectivity index (χ0v) is 20.4. The van der Waals surface area contributed by atoms with E-state index in [1.165, 1.54) is 11.1 Å². The summed E-state index contributed by atoms with van der Waals surface area (Å²) in [6, 6.07) is 19.3. The number of rotatable bonds is 6. The number of piperidine rings is 1. The third kappa shape index (κ3) is 5.52. The van der Waals surface area contributed by atoms with Gasteiger partial charge in [-0.3, -0.25) is 4.90 Å². The Morgan fingerprint density at radius 1 is 0.966 bits per heavy atom. The molecule has 2 aromatic carbocycles. The minimum atomic E-state index is -1.78. The van der Waals surface area contributed by atoms with Gasteiger partial charge in [-0.05, 0) is 67.3 Å². The van der Waals surface area contributed by atoms with Gasteiger partial charge in [0.25, 0.3) is 0 Å². The fourth-order valence-corrected chi connectivity index (χ4v) is 5.03. The molecule has 0 radical (unpaired) electrons. The Morgan fingerprint density at radius 2 is 1.55 bits per heavy atom. The zero-order valence-electron chi connectivity index (χ0n) is 18.7. The first-order chi connectivity index (χ1) is 13.6. The van der Waals surface area contributed by atoms with Crippen LogP contribution in [0.25, 0.3) is 0 Å². The quantitative estimate of drug-likeness (QED) is 0.463. The molecule has 1 fully saturated rings. The van der Waals surface area contributed by atoms with E-state index in [4.69, 9.17) is 16.0 Å². The van der Waals surface area contributed by atoms with Gasteiger partial charge in [-0.15, -0.1) is 0 Å². The maximum absolute atomic E-state index is 6.76. The molecule has 1 heterocycles. The van der Waals surface area contributed by atoms with Gasteiger partial charge in [0.15, 0.2) is 8.32 Å². The lowest BCUT2D eigenvalue weighted by Crippen LogP contribution is -2.49. The first-order valence-electron chi connectivity index (χ1n) is 10.8. The fourth-order valence-electron chi connectivity index (χ4n) is 3.83. The predicted molar refractivity (Wildman–Crippen MR) is 127 cm³/mol. The largest absolute Gasteiger partial charge is 0.416 e. The minimum Gasteiger partial charge on any atom is -0.416 e. The second-order valence-electron chi connectivity index (χ2n) is 10.1. The van der Waals surface area contributed by atoms with Gasteiger partial charge in [0.1, 0.15) is 0 Å². The van der Waals surface area contributed by atoms with Gasteiger partial charge in [-0.25, -0.2) is 0 Å². The lowest BCUT2D eigenvalue weighted by molar-refractivity contribution is 0.101. The third-order valence-corrected chi connectivity index (χ3v) is 11.8. The standard InChI is InChI=1S/C25H36ClNOSi/c1-24(2,3)29(4,5)28-20-25(22-9-7-6-8-10-22)15-17-27(18-16-25)19-21-11-13-23(26)14-12-21/h6-14H,15-20H2,1-5H3. The monoisotopic (exact) mass is 429 g/mol. The highest BCUT2D eigenvalue weighted by molar-refractivity contribution is 6.74. The van der Waals surface area contributed by atoms with Crippen LogP contribution in [0.4, 0.5) is 0 Å². The molecule has 0 aliphatic carbocycles. The maximum atomic E-state index is 6.76. The highest BCUT2D eigenvalue weighted by atomic mass is 35.5. The van der Waals surface area contributed by atoms with Crippen LogP contribution < -0.4 is 0 Å². The smallest absolute Gasteiger partial charge is 0.192 e. The van der Waals surface area contributed by atoms with Crippen LogP contribution in [-0.2, 0) is 16.4 Å². The first kappa shape index (κ1) is 22.5. The normalized spacial score (nSPS) is 18.0. The summed E-state index contributed by atoms with van der Waals surface area (Å²) in [4.78, 5) is 2.57. The highest BCUT2D eigenvalue weighted by Crippen LogP contribution is 2.41. The van der Waals surface area contributed by atoms with Gasteiger partial charge in [-0.1, -0.05) is 74.8 Å². The maximum Gasteiger partial charge on any atom is 0.192 e. The van der Waals surface area contributed by atoms with Crippen molar-refractivity contribution in [2.45, 2.75) is 63.7 Å². The average molecular weight is 430 g/mol. The number of benzene rings is 2. The first-order valence-corrected chi connectivity index (χ1v) is 14.1. The molecule has 0 N–H and O–H groups in total. The van der Waals surface area contributed by atoms with Gasteiger partial charge in [0.05, 0.1) is 0 Å². The summed E-state index contributed by atoms with van der Waals surface area (Å²) in [5.41, 5.74) is 2.89. The molecular formula is C25H36ClNOSi. The molecule has 29 heavy (non-hydrogen) atoms. The number of hydrogen-bond donors (Lipinski definition) is 0. The summed E-state index contributed by atoms with van der Waals surface area (Å²) < 4.78 is 6.76. The highest BCUT2D eigenvalue weighted by Gasteiger charge is 2.42. The Kier molecular flexibility index (Phi) is 6.94. The number of hydrogen-bond acceptors (Lipinski definition) is 2. The van der Waals surface area contributed by atoms with Crippen molar-refractivity contribution in [2.75, 3.05) is 19.7 Å².